The van der Waals surface area contributed by atoms with Crippen LogP contribution < -0.4 is 11.1 Å². The van der Waals surface area contributed by atoms with E-state index in [2.05, 4.69) is 10.3 Å². The molecule has 1 saturated heterocycles. The van der Waals surface area contributed by atoms with Gasteiger partial charge in [-0.3, -0.25) is 0 Å². The minimum atomic E-state index is -2.44. The lowest BCUT2D eigenvalue weighted by molar-refractivity contribution is -0.309. The van der Waals surface area contributed by atoms with Gasteiger partial charge in [-0.15, -0.1) is 0 Å². The summed E-state index contributed by atoms with van der Waals surface area (Å²) in [6.07, 6.45) is -9.17. The number of aliphatic hydroxyl groups excluding tert-OH is 5. The molecule has 2 fully saturated rings. The molecule has 124 valence electrons. The highest BCUT2D eigenvalue weighted by molar-refractivity contribution is 5.85. The SMILES string of the molecule is NC1=N[C@H](O)[C@H]2[C@H]3OC(=O)[C@@H](O)C2(N1)C(O)[C@@H](O)[C@@]3(O)CO. The third kappa shape index (κ3) is 1.55. The third-order valence-corrected chi connectivity index (χ3v) is 4.78. The molecule has 3 rings (SSSR count). The normalized spacial score (nSPS) is 53.9. The standard InChI is InChI=1S/C11H17N3O8/c12-9-13-7(19)2-6-10(21,1-15)3(16)4(17)11(2,14-9)5(18)8(20)22-6/h2-7,15-19,21H,1H2,(H3,12,13,14)/t2-,3-,4?,5-,6-,7-,10+,11?/m1/s1. The summed E-state index contributed by atoms with van der Waals surface area (Å²) in [5.74, 6) is -2.91. The maximum atomic E-state index is 11.9. The Morgan fingerprint density at radius 2 is 1.91 bits per heavy atom. The summed E-state index contributed by atoms with van der Waals surface area (Å²) >= 11 is 0. The topological polar surface area (TPSA) is 198 Å². The molecular formula is C11H17N3O8. The number of nitrogens with zero attached hydrogens (tertiary/aromatic N) is 1. The predicted molar refractivity (Wildman–Crippen MR) is 66.9 cm³/mol. The molecule has 0 aromatic rings. The van der Waals surface area contributed by atoms with Gasteiger partial charge in [-0.05, 0) is 0 Å². The van der Waals surface area contributed by atoms with Gasteiger partial charge < -0.3 is 46.4 Å². The molecule has 11 heteroatoms. The van der Waals surface area contributed by atoms with E-state index in [0.717, 1.165) is 0 Å². The van der Waals surface area contributed by atoms with Crippen LogP contribution in [0.2, 0.25) is 0 Å². The number of rotatable bonds is 1. The predicted octanol–water partition coefficient (Wildman–Crippen LogP) is -5.68. The van der Waals surface area contributed by atoms with E-state index in [-0.39, 0.29) is 5.96 Å². The number of nitrogens with two attached hydrogens (primary N) is 1. The maximum absolute atomic E-state index is 11.9. The Hall–Kier alpha value is -1.50. The van der Waals surface area contributed by atoms with Crippen LogP contribution in [-0.4, -0.2) is 91.0 Å². The number of aliphatic imine (C=N–C) groups is 1. The zero-order chi connectivity index (χ0) is 16.4. The Morgan fingerprint density at radius 1 is 1.27 bits per heavy atom. The van der Waals surface area contributed by atoms with Crippen molar-refractivity contribution in [2.75, 3.05) is 6.61 Å². The van der Waals surface area contributed by atoms with Gasteiger partial charge >= 0.3 is 5.97 Å². The van der Waals surface area contributed by atoms with Crippen LogP contribution in [0.25, 0.3) is 0 Å². The summed E-state index contributed by atoms with van der Waals surface area (Å²) in [6, 6.07) is 0. The number of hydrogen-bond acceptors (Lipinski definition) is 11. The molecule has 8 atom stereocenters. The van der Waals surface area contributed by atoms with Crippen molar-refractivity contribution in [1.29, 1.82) is 0 Å². The lowest BCUT2D eigenvalue weighted by atomic mass is 9.57. The van der Waals surface area contributed by atoms with Crippen LogP contribution in [0.5, 0.6) is 0 Å². The highest BCUT2D eigenvalue weighted by atomic mass is 16.6. The fourth-order valence-electron chi connectivity index (χ4n) is 3.65. The first-order valence-electron chi connectivity index (χ1n) is 6.57. The quantitative estimate of drug-likeness (QED) is 0.215. The molecule has 2 heterocycles. The van der Waals surface area contributed by atoms with Crippen molar-refractivity contribution >= 4 is 11.9 Å². The molecule has 0 spiro atoms. The minimum absolute atomic E-state index is 0.364. The first-order valence-corrected chi connectivity index (χ1v) is 6.57. The Bertz CT molecular complexity index is 543. The Morgan fingerprint density at radius 3 is 2.50 bits per heavy atom. The van der Waals surface area contributed by atoms with Gasteiger partial charge in [0.15, 0.2) is 23.9 Å². The number of guanidine groups is 1. The van der Waals surface area contributed by atoms with E-state index in [1.807, 2.05) is 0 Å². The summed E-state index contributed by atoms with van der Waals surface area (Å²) in [7, 11) is 0. The zero-order valence-electron chi connectivity index (χ0n) is 11.2. The number of aliphatic hydroxyl groups is 6. The van der Waals surface area contributed by atoms with Crippen LogP contribution in [0.1, 0.15) is 0 Å². The Kier molecular flexibility index (Phi) is 3.15. The number of carbonyl (C=O) groups is 1. The lowest BCUT2D eigenvalue weighted by Crippen LogP contribution is -2.88. The Labute approximate surface area is 123 Å². The van der Waals surface area contributed by atoms with E-state index < -0.39 is 60.3 Å². The summed E-state index contributed by atoms with van der Waals surface area (Å²) in [4.78, 5) is 15.5. The zero-order valence-corrected chi connectivity index (χ0v) is 11.2. The molecule has 0 aromatic heterocycles. The van der Waals surface area contributed by atoms with Gasteiger partial charge in [-0.1, -0.05) is 0 Å². The molecule has 0 aromatic carbocycles. The van der Waals surface area contributed by atoms with Crippen molar-refractivity contribution < 1.29 is 40.2 Å². The molecule has 2 unspecified atom stereocenters. The number of hydrogen-bond donors (Lipinski definition) is 8. The van der Waals surface area contributed by atoms with Crippen molar-refractivity contribution in [2.24, 2.45) is 16.6 Å². The molecule has 2 aliphatic heterocycles. The summed E-state index contributed by atoms with van der Waals surface area (Å²) in [5, 5.41) is 63.1. The smallest absolute Gasteiger partial charge is 0.337 e. The van der Waals surface area contributed by atoms with Gasteiger partial charge in [0.25, 0.3) is 0 Å². The average Bonchev–Trinajstić information content (AvgIpc) is 2.47. The first kappa shape index (κ1) is 15.4. The fourth-order valence-corrected chi connectivity index (χ4v) is 3.65. The van der Waals surface area contributed by atoms with Gasteiger partial charge in [-0.25, -0.2) is 9.79 Å². The monoisotopic (exact) mass is 319 g/mol. The molecule has 0 radical (unpaired) electrons. The van der Waals surface area contributed by atoms with Crippen LogP contribution in [0, 0.1) is 5.92 Å². The van der Waals surface area contributed by atoms with E-state index in [1.165, 1.54) is 0 Å². The van der Waals surface area contributed by atoms with E-state index in [1.54, 1.807) is 0 Å². The fraction of sp³-hybridized carbons (Fsp3) is 0.818. The molecule has 1 aliphatic carbocycles. The molecule has 11 nitrogen and oxygen atoms in total. The Balaban J connectivity index is 2.23. The number of nitrogens with one attached hydrogen (secondary N) is 1. The van der Waals surface area contributed by atoms with Crippen LogP contribution >= 0.6 is 0 Å². The van der Waals surface area contributed by atoms with E-state index >= 15 is 0 Å². The van der Waals surface area contributed by atoms with Crippen LogP contribution in [0.3, 0.4) is 0 Å². The highest BCUT2D eigenvalue weighted by Crippen LogP contribution is 2.49. The van der Waals surface area contributed by atoms with Crippen LogP contribution in [-0.2, 0) is 9.53 Å². The summed E-state index contributed by atoms with van der Waals surface area (Å²) in [6.45, 7) is -1.06. The lowest BCUT2D eigenvalue weighted by Gasteiger charge is -2.62. The number of esters is 1. The van der Waals surface area contributed by atoms with Crippen LogP contribution in [0.4, 0.5) is 0 Å². The van der Waals surface area contributed by atoms with Crippen molar-refractivity contribution in [3.8, 4) is 0 Å². The van der Waals surface area contributed by atoms with Gasteiger partial charge in [0, 0.05) is 0 Å². The number of ether oxygens (including phenoxy) is 1. The maximum Gasteiger partial charge on any atom is 0.337 e. The van der Waals surface area contributed by atoms with Crippen molar-refractivity contribution in [3.05, 3.63) is 0 Å². The second-order valence-corrected chi connectivity index (χ2v) is 5.81. The molecular weight excluding hydrogens is 302 g/mol. The van der Waals surface area contributed by atoms with Gasteiger partial charge in [0.05, 0.1) is 12.5 Å². The molecule has 1 saturated carbocycles. The second-order valence-electron chi connectivity index (χ2n) is 5.81. The van der Waals surface area contributed by atoms with Gasteiger partial charge in [-0.2, -0.15) is 0 Å². The van der Waals surface area contributed by atoms with Crippen LogP contribution in [0.15, 0.2) is 4.99 Å². The molecule has 3 aliphatic rings. The first-order chi connectivity index (χ1) is 10.2. The summed E-state index contributed by atoms with van der Waals surface area (Å²) < 4.78 is 4.88. The van der Waals surface area contributed by atoms with Gasteiger partial charge in [0.1, 0.15) is 23.9 Å². The summed E-state index contributed by atoms with van der Waals surface area (Å²) in [5.41, 5.74) is 1.04. The van der Waals surface area contributed by atoms with E-state index in [4.69, 9.17) is 10.5 Å². The number of carbonyl (C=O) groups excluding carboxylic acids is 1. The van der Waals surface area contributed by atoms with Crippen molar-refractivity contribution in [1.82, 2.24) is 5.32 Å². The molecule has 2 bridgehead atoms. The van der Waals surface area contributed by atoms with E-state index in [9.17, 15) is 35.4 Å². The van der Waals surface area contributed by atoms with Crippen molar-refractivity contribution in [2.45, 2.75) is 41.8 Å². The minimum Gasteiger partial charge on any atom is -0.457 e. The second kappa shape index (κ2) is 4.50. The largest absolute Gasteiger partial charge is 0.457 e. The van der Waals surface area contributed by atoms with Crippen molar-refractivity contribution in [3.63, 3.8) is 0 Å². The average molecular weight is 319 g/mol. The van der Waals surface area contributed by atoms with Gasteiger partial charge in [0.2, 0.25) is 0 Å². The molecule has 9 N–H and O–H groups in total. The molecule has 0 amide bonds. The highest BCUT2D eigenvalue weighted by Gasteiger charge is 2.75. The molecule has 22 heavy (non-hydrogen) atoms. The van der Waals surface area contributed by atoms with E-state index in [0.29, 0.717) is 0 Å². The third-order valence-electron chi connectivity index (χ3n) is 4.78.